The standard InChI is InChI=1S/C16H12FIN2/c17-14-6-4-12(5-7-14)11-20-9-8-19-16(20)13-2-1-3-15(18)10-13/h1-10H,11H2. The lowest BCUT2D eigenvalue weighted by Crippen LogP contribution is -2.01. The normalized spacial score (nSPS) is 10.7. The highest BCUT2D eigenvalue weighted by Gasteiger charge is 2.06. The Balaban J connectivity index is 1.92. The summed E-state index contributed by atoms with van der Waals surface area (Å²) in [5, 5.41) is 0. The van der Waals surface area contributed by atoms with Gasteiger partial charge in [-0.1, -0.05) is 24.3 Å². The summed E-state index contributed by atoms with van der Waals surface area (Å²) in [6.45, 7) is 0.682. The summed E-state index contributed by atoms with van der Waals surface area (Å²) >= 11 is 2.29. The second-order valence-electron chi connectivity index (χ2n) is 4.52. The van der Waals surface area contributed by atoms with Gasteiger partial charge in [0.15, 0.2) is 0 Å². The van der Waals surface area contributed by atoms with Crippen LogP contribution in [0.4, 0.5) is 4.39 Å². The molecule has 100 valence electrons. The molecule has 4 heteroatoms. The van der Waals surface area contributed by atoms with Gasteiger partial charge in [0.25, 0.3) is 0 Å². The van der Waals surface area contributed by atoms with Gasteiger partial charge in [-0.2, -0.15) is 0 Å². The van der Waals surface area contributed by atoms with Crippen molar-refractivity contribution in [3.05, 3.63) is 75.9 Å². The van der Waals surface area contributed by atoms with Crippen LogP contribution in [0.15, 0.2) is 60.9 Å². The first kappa shape index (κ1) is 13.3. The fraction of sp³-hybridized carbons (Fsp3) is 0.0625. The van der Waals surface area contributed by atoms with E-state index in [1.54, 1.807) is 18.3 Å². The van der Waals surface area contributed by atoms with Crippen LogP contribution >= 0.6 is 22.6 Å². The predicted molar refractivity (Wildman–Crippen MR) is 85.9 cm³/mol. The Morgan fingerprint density at radius 3 is 2.65 bits per heavy atom. The summed E-state index contributed by atoms with van der Waals surface area (Å²) in [6, 6.07) is 14.8. The lowest BCUT2D eigenvalue weighted by atomic mass is 10.2. The van der Waals surface area contributed by atoms with Crippen molar-refractivity contribution in [2.24, 2.45) is 0 Å². The maximum atomic E-state index is 12.9. The number of halogens is 2. The number of hydrogen-bond donors (Lipinski definition) is 0. The highest BCUT2D eigenvalue weighted by atomic mass is 127. The van der Waals surface area contributed by atoms with Crippen LogP contribution in [0.1, 0.15) is 5.56 Å². The van der Waals surface area contributed by atoms with Crippen molar-refractivity contribution in [3.63, 3.8) is 0 Å². The van der Waals surface area contributed by atoms with E-state index in [1.807, 2.05) is 18.3 Å². The van der Waals surface area contributed by atoms with Crippen molar-refractivity contribution in [2.75, 3.05) is 0 Å². The summed E-state index contributed by atoms with van der Waals surface area (Å²) in [4.78, 5) is 4.43. The molecule has 0 unspecified atom stereocenters. The minimum atomic E-state index is -0.211. The first-order valence-corrected chi connectivity index (χ1v) is 7.32. The maximum absolute atomic E-state index is 12.9. The van der Waals surface area contributed by atoms with Crippen molar-refractivity contribution >= 4 is 22.6 Å². The number of nitrogens with zero attached hydrogens (tertiary/aromatic N) is 2. The molecule has 20 heavy (non-hydrogen) atoms. The molecular weight excluding hydrogens is 366 g/mol. The van der Waals surface area contributed by atoms with Crippen molar-refractivity contribution in [3.8, 4) is 11.4 Å². The third-order valence-corrected chi connectivity index (χ3v) is 3.74. The average molecular weight is 378 g/mol. The van der Waals surface area contributed by atoms with Gasteiger partial charge >= 0.3 is 0 Å². The predicted octanol–water partition coefficient (Wildman–Crippen LogP) is 4.34. The molecule has 0 radical (unpaired) electrons. The number of aromatic nitrogens is 2. The highest BCUT2D eigenvalue weighted by molar-refractivity contribution is 14.1. The molecule has 3 aromatic rings. The second kappa shape index (κ2) is 5.75. The molecule has 0 aliphatic heterocycles. The van der Waals surface area contributed by atoms with Crippen LogP contribution < -0.4 is 0 Å². The van der Waals surface area contributed by atoms with Crippen LogP contribution in [0.5, 0.6) is 0 Å². The quantitative estimate of drug-likeness (QED) is 0.620. The molecule has 0 aliphatic rings. The molecule has 0 N–H and O–H groups in total. The van der Waals surface area contributed by atoms with Gasteiger partial charge in [0.05, 0.1) is 0 Å². The third kappa shape index (κ3) is 2.90. The Morgan fingerprint density at radius 2 is 1.90 bits per heavy atom. The molecule has 0 saturated heterocycles. The molecule has 0 bridgehead atoms. The summed E-state index contributed by atoms with van der Waals surface area (Å²) in [5.41, 5.74) is 2.14. The van der Waals surface area contributed by atoms with E-state index in [2.05, 4.69) is 44.3 Å². The van der Waals surface area contributed by atoms with Crippen LogP contribution in [0.3, 0.4) is 0 Å². The zero-order valence-electron chi connectivity index (χ0n) is 10.6. The van der Waals surface area contributed by atoms with Crippen molar-refractivity contribution in [2.45, 2.75) is 6.54 Å². The van der Waals surface area contributed by atoms with E-state index in [0.717, 1.165) is 17.0 Å². The molecule has 0 atom stereocenters. The molecule has 1 aromatic heterocycles. The molecule has 1 heterocycles. The molecule has 3 rings (SSSR count). The monoisotopic (exact) mass is 378 g/mol. The SMILES string of the molecule is Fc1ccc(Cn2ccnc2-c2cccc(I)c2)cc1. The topological polar surface area (TPSA) is 17.8 Å². The van der Waals surface area contributed by atoms with Crippen LogP contribution in [0.2, 0.25) is 0 Å². The molecule has 0 spiro atoms. The fourth-order valence-corrected chi connectivity index (χ4v) is 2.65. The minimum Gasteiger partial charge on any atom is -0.327 e. The molecule has 0 fully saturated rings. The Hall–Kier alpha value is -1.69. The van der Waals surface area contributed by atoms with E-state index < -0.39 is 0 Å². The van der Waals surface area contributed by atoms with Crippen LogP contribution in [0, 0.1) is 9.39 Å². The molecule has 0 amide bonds. The maximum Gasteiger partial charge on any atom is 0.140 e. The Morgan fingerprint density at radius 1 is 1.10 bits per heavy atom. The number of rotatable bonds is 3. The first-order chi connectivity index (χ1) is 9.72. The van der Waals surface area contributed by atoms with E-state index in [1.165, 1.54) is 15.7 Å². The smallest absolute Gasteiger partial charge is 0.140 e. The lowest BCUT2D eigenvalue weighted by molar-refractivity contribution is 0.626. The first-order valence-electron chi connectivity index (χ1n) is 6.24. The summed E-state index contributed by atoms with van der Waals surface area (Å²) in [6.07, 6.45) is 3.73. The van der Waals surface area contributed by atoms with Gasteiger partial charge in [-0.3, -0.25) is 0 Å². The number of benzene rings is 2. The summed E-state index contributed by atoms with van der Waals surface area (Å²) < 4.78 is 16.2. The highest BCUT2D eigenvalue weighted by Crippen LogP contribution is 2.20. The third-order valence-electron chi connectivity index (χ3n) is 3.06. The van der Waals surface area contributed by atoms with Crippen molar-refractivity contribution in [1.82, 2.24) is 9.55 Å². The van der Waals surface area contributed by atoms with Gasteiger partial charge in [0.1, 0.15) is 11.6 Å². The van der Waals surface area contributed by atoms with E-state index in [4.69, 9.17) is 0 Å². The summed E-state index contributed by atoms with van der Waals surface area (Å²) in [7, 11) is 0. The molecule has 2 nitrogen and oxygen atoms in total. The second-order valence-corrected chi connectivity index (χ2v) is 5.76. The Labute approximate surface area is 130 Å². The zero-order valence-corrected chi connectivity index (χ0v) is 12.8. The molecule has 0 aliphatic carbocycles. The van der Waals surface area contributed by atoms with Crippen LogP contribution in [-0.2, 0) is 6.54 Å². The van der Waals surface area contributed by atoms with Gasteiger partial charge < -0.3 is 4.57 Å². The van der Waals surface area contributed by atoms with Crippen molar-refractivity contribution in [1.29, 1.82) is 0 Å². The zero-order chi connectivity index (χ0) is 13.9. The van der Waals surface area contributed by atoms with E-state index in [-0.39, 0.29) is 5.82 Å². The largest absolute Gasteiger partial charge is 0.327 e. The Kier molecular flexibility index (Phi) is 3.82. The van der Waals surface area contributed by atoms with Crippen LogP contribution in [-0.4, -0.2) is 9.55 Å². The van der Waals surface area contributed by atoms with Crippen molar-refractivity contribution < 1.29 is 4.39 Å². The fourth-order valence-electron chi connectivity index (χ4n) is 2.11. The van der Waals surface area contributed by atoms with Gasteiger partial charge in [-0.15, -0.1) is 0 Å². The lowest BCUT2D eigenvalue weighted by Gasteiger charge is -2.08. The molecule has 0 saturated carbocycles. The van der Waals surface area contributed by atoms with E-state index in [9.17, 15) is 4.39 Å². The molecule has 2 aromatic carbocycles. The van der Waals surface area contributed by atoms with Crippen LogP contribution in [0.25, 0.3) is 11.4 Å². The minimum absolute atomic E-state index is 0.211. The van der Waals surface area contributed by atoms with E-state index in [0.29, 0.717) is 6.54 Å². The molecular formula is C16H12FIN2. The van der Waals surface area contributed by atoms with Gasteiger partial charge in [-0.25, -0.2) is 9.37 Å². The summed E-state index contributed by atoms with van der Waals surface area (Å²) in [5.74, 6) is 0.713. The Bertz CT molecular complexity index is 719. The number of imidazole rings is 1. The van der Waals surface area contributed by atoms with Gasteiger partial charge in [-0.05, 0) is 52.4 Å². The van der Waals surface area contributed by atoms with Gasteiger partial charge in [0.2, 0.25) is 0 Å². The number of hydrogen-bond acceptors (Lipinski definition) is 1. The van der Waals surface area contributed by atoms with E-state index >= 15 is 0 Å². The van der Waals surface area contributed by atoms with Gasteiger partial charge in [0, 0.05) is 28.1 Å². The average Bonchev–Trinajstić information content (AvgIpc) is 2.89.